The zero-order valence-electron chi connectivity index (χ0n) is 10.3. The van der Waals surface area contributed by atoms with Gasteiger partial charge in [-0.1, -0.05) is 0 Å². The lowest BCUT2D eigenvalue weighted by Crippen LogP contribution is -2.37. The van der Waals surface area contributed by atoms with E-state index >= 15 is 0 Å². The van der Waals surface area contributed by atoms with Crippen LogP contribution in [0.4, 0.5) is 0 Å². The molecule has 94 valence electrons. The Hall–Kier alpha value is -1.75. The molecular weight excluding hydrogens is 220 g/mol. The molecule has 1 amide bonds. The number of ether oxygens (including phenoxy) is 2. The lowest BCUT2D eigenvalue weighted by molar-refractivity contribution is 0.0938. The second kappa shape index (κ2) is 6.10. The topological polar surface area (TPSA) is 73.6 Å². The summed E-state index contributed by atoms with van der Waals surface area (Å²) in [5.41, 5.74) is 5.91. The summed E-state index contributed by atoms with van der Waals surface area (Å²) in [4.78, 5) is 11.9. The maximum atomic E-state index is 11.9. The van der Waals surface area contributed by atoms with Gasteiger partial charge >= 0.3 is 0 Å². The van der Waals surface area contributed by atoms with Gasteiger partial charge in [0.15, 0.2) is 0 Å². The fourth-order valence-electron chi connectivity index (χ4n) is 1.35. The second-order valence-electron chi connectivity index (χ2n) is 3.68. The number of carbonyl (C=O) groups excluding carboxylic acids is 1. The number of nitrogens with one attached hydrogen (secondary N) is 1. The van der Waals surface area contributed by atoms with E-state index in [-0.39, 0.29) is 11.9 Å². The number of hydrogen-bond donors (Lipinski definition) is 2. The van der Waals surface area contributed by atoms with Gasteiger partial charge in [0.1, 0.15) is 11.5 Å². The molecule has 0 saturated heterocycles. The number of hydrogen-bond acceptors (Lipinski definition) is 4. The van der Waals surface area contributed by atoms with Crippen molar-refractivity contribution in [2.75, 3.05) is 20.8 Å². The Morgan fingerprint density at radius 1 is 1.41 bits per heavy atom. The molecule has 1 aromatic carbocycles. The molecular formula is C12H18N2O3. The fourth-order valence-corrected chi connectivity index (χ4v) is 1.35. The van der Waals surface area contributed by atoms with Gasteiger partial charge < -0.3 is 20.5 Å². The fraction of sp³-hybridized carbons (Fsp3) is 0.417. The van der Waals surface area contributed by atoms with E-state index in [0.717, 1.165) is 0 Å². The number of amides is 1. The van der Waals surface area contributed by atoms with Gasteiger partial charge in [-0.25, -0.2) is 0 Å². The van der Waals surface area contributed by atoms with Crippen molar-refractivity contribution in [1.29, 1.82) is 0 Å². The maximum Gasteiger partial charge on any atom is 0.255 e. The van der Waals surface area contributed by atoms with Crippen molar-refractivity contribution in [3.05, 3.63) is 23.8 Å². The summed E-state index contributed by atoms with van der Waals surface area (Å²) < 4.78 is 10.2. The minimum atomic E-state index is -0.206. The molecule has 1 aromatic rings. The van der Waals surface area contributed by atoms with Crippen LogP contribution in [0.3, 0.4) is 0 Å². The normalized spacial score (nSPS) is 11.8. The van der Waals surface area contributed by atoms with E-state index in [2.05, 4.69) is 5.32 Å². The van der Waals surface area contributed by atoms with Crippen LogP contribution in [0.1, 0.15) is 17.3 Å². The van der Waals surface area contributed by atoms with Gasteiger partial charge in [0.05, 0.1) is 19.8 Å². The highest BCUT2D eigenvalue weighted by atomic mass is 16.5. The minimum Gasteiger partial charge on any atom is -0.497 e. The van der Waals surface area contributed by atoms with Crippen LogP contribution in [0.15, 0.2) is 18.2 Å². The second-order valence-corrected chi connectivity index (χ2v) is 3.68. The van der Waals surface area contributed by atoms with Gasteiger partial charge in [0, 0.05) is 18.7 Å². The number of nitrogens with two attached hydrogens (primary N) is 1. The molecule has 0 saturated carbocycles. The highest BCUT2D eigenvalue weighted by Crippen LogP contribution is 2.24. The Bertz CT molecular complexity index is 393. The van der Waals surface area contributed by atoms with Crippen molar-refractivity contribution < 1.29 is 14.3 Å². The van der Waals surface area contributed by atoms with Crippen LogP contribution >= 0.6 is 0 Å². The third-order valence-electron chi connectivity index (χ3n) is 2.38. The quantitative estimate of drug-likeness (QED) is 0.795. The molecule has 17 heavy (non-hydrogen) atoms. The summed E-state index contributed by atoms with van der Waals surface area (Å²) >= 11 is 0. The van der Waals surface area contributed by atoms with Gasteiger partial charge in [-0.2, -0.15) is 0 Å². The van der Waals surface area contributed by atoms with Crippen LogP contribution in [-0.4, -0.2) is 32.7 Å². The zero-order chi connectivity index (χ0) is 12.8. The molecule has 1 atom stereocenters. The SMILES string of the molecule is COc1ccc(C(=O)N[C@@H](C)CN)c(OC)c1. The van der Waals surface area contributed by atoms with E-state index < -0.39 is 0 Å². The number of carbonyl (C=O) groups is 1. The molecule has 0 unspecified atom stereocenters. The first kappa shape index (κ1) is 13.3. The number of benzene rings is 1. The Morgan fingerprint density at radius 2 is 2.12 bits per heavy atom. The van der Waals surface area contributed by atoms with Gasteiger partial charge in [-0.05, 0) is 19.1 Å². The molecule has 0 aromatic heterocycles. The summed E-state index contributed by atoms with van der Waals surface area (Å²) in [6.07, 6.45) is 0. The molecule has 0 heterocycles. The number of methoxy groups -OCH3 is 2. The van der Waals surface area contributed by atoms with E-state index in [1.165, 1.54) is 7.11 Å². The highest BCUT2D eigenvalue weighted by Gasteiger charge is 2.14. The first-order valence-electron chi connectivity index (χ1n) is 5.35. The molecule has 0 radical (unpaired) electrons. The van der Waals surface area contributed by atoms with Gasteiger partial charge in [-0.3, -0.25) is 4.79 Å². The van der Waals surface area contributed by atoms with E-state index in [0.29, 0.717) is 23.6 Å². The zero-order valence-corrected chi connectivity index (χ0v) is 10.3. The van der Waals surface area contributed by atoms with E-state index in [9.17, 15) is 4.79 Å². The van der Waals surface area contributed by atoms with Crippen LogP contribution in [0.2, 0.25) is 0 Å². The summed E-state index contributed by atoms with van der Waals surface area (Å²) in [5.74, 6) is 0.916. The van der Waals surface area contributed by atoms with Crippen LogP contribution < -0.4 is 20.5 Å². The van der Waals surface area contributed by atoms with Crippen molar-refractivity contribution in [1.82, 2.24) is 5.32 Å². The molecule has 0 fully saturated rings. The summed E-state index contributed by atoms with van der Waals surface area (Å²) in [5, 5.41) is 2.77. The maximum absolute atomic E-state index is 11.9. The molecule has 0 aliphatic rings. The summed E-state index contributed by atoms with van der Waals surface area (Å²) in [6.45, 7) is 2.23. The summed E-state index contributed by atoms with van der Waals surface area (Å²) in [6, 6.07) is 4.97. The highest BCUT2D eigenvalue weighted by molar-refractivity contribution is 5.97. The third kappa shape index (κ3) is 3.35. The van der Waals surface area contributed by atoms with Gasteiger partial charge in [0.2, 0.25) is 0 Å². The lowest BCUT2D eigenvalue weighted by Gasteiger charge is -2.14. The van der Waals surface area contributed by atoms with Crippen LogP contribution in [0.5, 0.6) is 11.5 Å². The molecule has 1 rings (SSSR count). The first-order chi connectivity index (χ1) is 8.12. The molecule has 5 nitrogen and oxygen atoms in total. The van der Waals surface area contributed by atoms with E-state index in [1.54, 1.807) is 25.3 Å². The van der Waals surface area contributed by atoms with Crippen molar-refractivity contribution >= 4 is 5.91 Å². The Balaban J connectivity index is 2.93. The smallest absolute Gasteiger partial charge is 0.255 e. The average Bonchev–Trinajstić information content (AvgIpc) is 2.37. The predicted molar refractivity (Wildman–Crippen MR) is 65.5 cm³/mol. The lowest BCUT2D eigenvalue weighted by atomic mass is 10.1. The molecule has 5 heteroatoms. The monoisotopic (exact) mass is 238 g/mol. The van der Waals surface area contributed by atoms with Gasteiger partial charge in [0.25, 0.3) is 5.91 Å². The van der Waals surface area contributed by atoms with E-state index in [4.69, 9.17) is 15.2 Å². The molecule has 0 aliphatic heterocycles. The third-order valence-corrected chi connectivity index (χ3v) is 2.38. The van der Waals surface area contributed by atoms with Crippen LogP contribution in [0, 0.1) is 0 Å². The van der Waals surface area contributed by atoms with E-state index in [1.807, 2.05) is 6.92 Å². The Labute approximate surface area is 101 Å². The van der Waals surface area contributed by atoms with Crippen molar-refractivity contribution in [3.8, 4) is 11.5 Å². The van der Waals surface area contributed by atoms with Gasteiger partial charge in [-0.15, -0.1) is 0 Å². The Kier molecular flexibility index (Phi) is 4.78. The first-order valence-corrected chi connectivity index (χ1v) is 5.35. The molecule has 0 bridgehead atoms. The standard InChI is InChI=1S/C12H18N2O3/c1-8(7-13)14-12(15)10-5-4-9(16-2)6-11(10)17-3/h4-6,8H,7,13H2,1-3H3,(H,14,15)/t8-/m0/s1. The number of rotatable bonds is 5. The Morgan fingerprint density at radius 3 is 2.65 bits per heavy atom. The summed E-state index contributed by atoms with van der Waals surface area (Å²) in [7, 11) is 3.07. The minimum absolute atomic E-state index is 0.0747. The van der Waals surface area contributed by atoms with Crippen molar-refractivity contribution in [2.45, 2.75) is 13.0 Å². The average molecular weight is 238 g/mol. The van der Waals surface area contributed by atoms with Crippen molar-refractivity contribution in [3.63, 3.8) is 0 Å². The molecule has 3 N–H and O–H groups in total. The van der Waals surface area contributed by atoms with Crippen LogP contribution in [-0.2, 0) is 0 Å². The largest absolute Gasteiger partial charge is 0.497 e. The molecule has 0 aliphatic carbocycles. The van der Waals surface area contributed by atoms with Crippen molar-refractivity contribution in [2.24, 2.45) is 5.73 Å². The molecule has 0 spiro atoms. The van der Waals surface area contributed by atoms with Crippen LogP contribution in [0.25, 0.3) is 0 Å². The predicted octanol–water partition coefficient (Wildman–Crippen LogP) is 0.781.